The first-order valence-electron chi connectivity index (χ1n) is 9.72. The fourth-order valence-corrected chi connectivity index (χ4v) is 4.21. The van der Waals surface area contributed by atoms with Crippen molar-refractivity contribution in [1.82, 2.24) is 14.8 Å². The summed E-state index contributed by atoms with van der Waals surface area (Å²) in [5.74, 6) is 1.01. The summed E-state index contributed by atoms with van der Waals surface area (Å²) >= 11 is 1.68. The number of thiazole rings is 1. The monoisotopic (exact) mass is 399 g/mol. The number of benzene rings is 1. The number of fused-ring (bicyclic) bond motifs is 1. The van der Waals surface area contributed by atoms with Crippen LogP contribution in [0.3, 0.4) is 0 Å². The predicted molar refractivity (Wildman–Crippen MR) is 110 cm³/mol. The zero-order valence-electron chi connectivity index (χ0n) is 16.3. The molecule has 7 heteroatoms. The topological polar surface area (TPSA) is 58.8 Å². The van der Waals surface area contributed by atoms with E-state index in [0.29, 0.717) is 30.2 Å². The Hall–Kier alpha value is -2.38. The second-order valence-corrected chi connectivity index (χ2v) is 8.06. The molecule has 1 aliphatic rings. The van der Waals surface area contributed by atoms with Gasteiger partial charge in [0.15, 0.2) is 17.1 Å². The standard InChI is InChI=1S/C21H25N3O3S/c1-3-26-18-7-4-6-16-12-19(27-20(16)18)21(25)24-9-5-8-23(10-11-24)13-17-14-28-15(2)22-17/h4,6-7,12,14H,3,5,8-11,13H2,1-2H3. The Kier molecular flexibility index (Phi) is 5.64. The van der Waals surface area contributed by atoms with E-state index < -0.39 is 0 Å². The number of carbonyl (C=O) groups is 1. The van der Waals surface area contributed by atoms with Crippen LogP contribution >= 0.6 is 11.3 Å². The van der Waals surface area contributed by atoms with Crippen LogP contribution in [0.5, 0.6) is 5.75 Å². The Morgan fingerprint density at radius 3 is 2.96 bits per heavy atom. The van der Waals surface area contributed by atoms with Gasteiger partial charge in [0, 0.05) is 43.5 Å². The number of carbonyl (C=O) groups excluding carboxylic acids is 1. The molecular weight excluding hydrogens is 374 g/mol. The Bertz CT molecular complexity index is 965. The van der Waals surface area contributed by atoms with Crippen LogP contribution in [-0.2, 0) is 6.54 Å². The summed E-state index contributed by atoms with van der Waals surface area (Å²) in [6.45, 7) is 8.60. The minimum atomic E-state index is -0.0509. The molecule has 4 rings (SSSR count). The number of ether oxygens (including phenoxy) is 1. The van der Waals surface area contributed by atoms with Crippen molar-refractivity contribution in [2.75, 3.05) is 32.8 Å². The Labute approximate surface area is 168 Å². The van der Waals surface area contributed by atoms with Gasteiger partial charge >= 0.3 is 0 Å². The van der Waals surface area contributed by atoms with Gasteiger partial charge in [-0.05, 0) is 32.4 Å². The number of hydrogen-bond acceptors (Lipinski definition) is 6. The van der Waals surface area contributed by atoms with Gasteiger partial charge < -0.3 is 14.1 Å². The molecule has 0 unspecified atom stereocenters. The molecule has 0 saturated carbocycles. The Balaban J connectivity index is 1.45. The van der Waals surface area contributed by atoms with Crippen molar-refractivity contribution in [3.63, 3.8) is 0 Å². The lowest BCUT2D eigenvalue weighted by Crippen LogP contribution is -2.34. The van der Waals surface area contributed by atoms with Crippen LogP contribution < -0.4 is 4.74 Å². The molecule has 0 N–H and O–H groups in total. The first-order chi connectivity index (χ1) is 13.6. The van der Waals surface area contributed by atoms with Gasteiger partial charge in [0.2, 0.25) is 0 Å². The lowest BCUT2D eigenvalue weighted by Gasteiger charge is -2.20. The molecule has 1 fully saturated rings. The molecule has 3 heterocycles. The average molecular weight is 400 g/mol. The van der Waals surface area contributed by atoms with E-state index >= 15 is 0 Å². The normalized spacial score (nSPS) is 15.7. The van der Waals surface area contributed by atoms with Crippen LogP contribution in [0, 0.1) is 6.92 Å². The van der Waals surface area contributed by atoms with Crippen LogP contribution in [0.2, 0.25) is 0 Å². The van der Waals surface area contributed by atoms with Crippen LogP contribution in [0.25, 0.3) is 11.0 Å². The molecule has 1 amide bonds. The third-order valence-electron chi connectivity index (χ3n) is 4.95. The van der Waals surface area contributed by atoms with Crippen LogP contribution in [0.1, 0.15) is 34.6 Å². The van der Waals surface area contributed by atoms with Crippen LogP contribution in [0.4, 0.5) is 0 Å². The van der Waals surface area contributed by atoms with E-state index in [-0.39, 0.29) is 5.91 Å². The summed E-state index contributed by atoms with van der Waals surface area (Å²) in [4.78, 5) is 21.8. The number of aryl methyl sites for hydroxylation is 1. The highest BCUT2D eigenvalue weighted by Crippen LogP contribution is 2.29. The van der Waals surface area contributed by atoms with Crippen LogP contribution in [0.15, 0.2) is 34.1 Å². The maximum atomic E-state index is 13.0. The highest BCUT2D eigenvalue weighted by atomic mass is 32.1. The molecule has 148 valence electrons. The van der Waals surface area contributed by atoms with E-state index in [1.54, 1.807) is 11.3 Å². The largest absolute Gasteiger partial charge is 0.490 e. The maximum absolute atomic E-state index is 13.0. The molecule has 6 nitrogen and oxygen atoms in total. The van der Waals surface area contributed by atoms with Gasteiger partial charge in [-0.15, -0.1) is 11.3 Å². The number of rotatable bonds is 5. The quantitative estimate of drug-likeness (QED) is 0.650. The van der Waals surface area contributed by atoms with Crippen molar-refractivity contribution in [2.45, 2.75) is 26.8 Å². The number of nitrogens with zero attached hydrogens (tertiary/aromatic N) is 3. The molecule has 2 aromatic heterocycles. The third-order valence-corrected chi connectivity index (χ3v) is 5.77. The molecular formula is C21H25N3O3S. The SMILES string of the molecule is CCOc1cccc2cc(C(=O)N3CCCN(Cc4csc(C)n4)CC3)oc12. The fourth-order valence-electron chi connectivity index (χ4n) is 3.61. The van der Waals surface area contributed by atoms with Gasteiger partial charge in [0.05, 0.1) is 17.3 Å². The lowest BCUT2D eigenvalue weighted by atomic mass is 10.2. The van der Waals surface area contributed by atoms with Crippen molar-refractivity contribution in [1.29, 1.82) is 0 Å². The van der Waals surface area contributed by atoms with E-state index in [1.165, 1.54) is 0 Å². The Morgan fingerprint density at radius 1 is 1.29 bits per heavy atom. The van der Waals surface area contributed by atoms with Gasteiger partial charge in [-0.3, -0.25) is 9.69 Å². The highest BCUT2D eigenvalue weighted by molar-refractivity contribution is 7.09. The zero-order chi connectivity index (χ0) is 19.5. The van der Waals surface area contributed by atoms with Crippen molar-refractivity contribution in [3.05, 3.63) is 46.1 Å². The number of para-hydroxylation sites is 1. The molecule has 0 aliphatic carbocycles. The van der Waals surface area contributed by atoms with Gasteiger partial charge in [-0.25, -0.2) is 4.98 Å². The summed E-state index contributed by atoms with van der Waals surface area (Å²) in [6.07, 6.45) is 0.944. The smallest absolute Gasteiger partial charge is 0.289 e. The zero-order valence-corrected chi connectivity index (χ0v) is 17.1. The average Bonchev–Trinajstić information content (AvgIpc) is 3.23. The predicted octanol–water partition coefficient (Wildman–Crippen LogP) is 3.94. The van der Waals surface area contributed by atoms with Gasteiger partial charge in [-0.1, -0.05) is 12.1 Å². The van der Waals surface area contributed by atoms with Crippen LogP contribution in [-0.4, -0.2) is 53.5 Å². The summed E-state index contributed by atoms with van der Waals surface area (Å²) in [5.41, 5.74) is 1.76. The minimum absolute atomic E-state index is 0.0509. The number of amides is 1. The van der Waals surface area contributed by atoms with E-state index in [4.69, 9.17) is 9.15 Å². The van der Waals surface area contributed by atoms with Crippen molar-refractivity contribution in [3.8, 4) is 5.75 Å². The summed E-state index contributed by atoms with van der Waals surface area (Å²) in [7, 11) is 0. The first kappa shape index (κ1) is 19.0. The van der Waals surface area contributed by atoms with Gasteiger partial charge in [-0.2, -0.15) is 0 Å². The molecule has 0 spiro atoms. The first-order valence-corrected chi connectivity index (χ1v) is 10.6. The van der Waals surface area contributed by atoms with E-state index in [0.717, 1.165) is 48.7 Å². The van der Waals surface area contributed by atoms with Gasteiger partial charge in [0.25, 0.3) is 5.91 Å². The number of aromatic nitrogens is 1. The molecule has 28 heavy (non-hydrogen) atoms. The summed E-state index contributed by atoms with van der Waals surface area (Å²) < 4.78 is 11.5. The molecule has 0 atom stereocenters. The molecule has 0 bridgehead atoms. The minimum Gasteiger partial charge on any atom is -0.490 e. The number of furan rings is 1. The lowest BCUT2D eigenvalue weighted by molar-refractivity contribution is 0.0731. The summed E-state index contributed by atoms with van der Waals surface area (Å²) in [5, 5.41) is 4.11. The second-order valence-electron chi connectivity index (χ2n) is 7.00. The van der Waals surface area contributed by atoms with Crippen molar-refractivity contribution < 1.29 is 13.9 Å². The van der Waals surface area contributed by atoms with Crippen molar-refractivity contribution >= 4 is 28.2 Å². The van der Waals surface area contributed by atoms with Crippen molar-refractivity contribution in [2.24, 2.45) is 0 Å². The fraction of sp³-hybridized carbons (Fsp3) is 0.429. The second kappa shape index (κ2) is 8.32. The molecule has 1 aromatic carbocycles. The van der Waals surface area contributed by atoms with Gasteiger partial charge in [0.1, 0.15) is 0 Å². The Morgan fingerprint density at radius 2 is 2.18 bits per heavy atom. The molecule has 0 radical (unpaired) electrons. The number of hydrogen-bond donors (Lipinski definition) is 0. The molecule has 1 aliphatic heterocycles. The highest BCUT2D eigenvalue weighted by Gasteiger charge is 2.24. The molecule has 3 aromatic rings. The molecule has 1 saturated heterocycles. The summed E-state index contributed by atoms with van der Waals surface area (Å²) in [6, 6.07) is 7.55. The van der Waals surface area contributed by atoms with E-state index in [1.807, 2.05) is 43.0 Å². The maximum Gasteiger partial charge on any atom is 0.289 e. The van der Waals surface area contributed by atoms with E-state index in [9.17, 15) is 4.79 Å². The third kappa shape index (κ3) is 4.05. The van der Waals surface area contributed by atoms with E-state index in [2.05, 4.69) is 15.3 Å².